The molecule has 0 aliphatic rings. The van der Waals surface area contributed by atoms with Crippen molar-refractivity contribution in [3.63, 3.8) is 0 Å². The quantitative estimate of drug-likeness (QED) is 0.637. The Labute approximate surface area is 129 Å². The SMILES string of the molecule is O=C(O)CC[C@H](NC(=O)Nc1cc(Cl)ccc1Cl)C(=O)O. The third-order valence-corrected chi connectivity index (χ3v) is 2.99. The number of amides is 2. The molecule has 4 N–H and O–H groups in total. The predicted octanol–water partition coefficient (Wildman–Crippen LogP) is 2.43. The van der Waals surface area contributed by atoms with E-state index < -0.39 is 24.0 Å². The van der Waals surface area contributed by atoms with Crippen LogP contribution in [0.5, 0.6) is 0 Å². The number of benzene rings is 1. The number of carboxylic acid groups (broad SMARTS) is 2. The van der Waals surface area contributed by atoms with Crippen molar-refractivity contribution in [1.82, 2.24) is 5.32 Å². The van der Waals surface area contributed by atoms with E-state index in [2.05, 4.69) is 10.6 Å². The van der Waals surface area contributed by atoms with Crippen molar-refractivity contribution in [3.05, 3.63) is 28.2 Å². The van der Waals surface area contributed by atoms with Gasteiger partial charge in [-0.1, -0.05) is 23.2 Å². The molecule has 1 aromatic rings. The molecule has 0 fully saturated rings. The molecule has 0 saturated carbocycles. The lowest BCUT2D eigenvalue weighted by molar-refractivity contribution is -0.140. The molecule has 0 unspecified atom stereocenters. The Morgan fingerprint density at radius 1 is 1.19 bits per heavy atom. The zero-order valence-corrected chi connectivity index (χ0v) is 12.1. The number of anilines is 1. The summed E-state index contributed by atoms with van der Waals surface area (Å²) in [4.78, 5) is 33.1. The maximum absolute atomic E-state index is 11.7. The molecule has 1 atom stereocenters. The van der Waals surface area contributed by atoms with Gasteiger partial charge in [-0.25, -0.2) is 9.59 Å². The Bertz CT molecular complexity index is 565. The van der Waals surface area contributed by atoms with Crippen LogP contribution < -0.4 is 10.6 Å². The Morgan fingerprint density at radius 3 is 2.43 bits per heavy atom. The Morgan fingerprint density at radius 2 is 1.86 bits per heavy atom. The molecule has 0 spiro atoms. The molecule has 0 radical (unpaired) electrons. The molecule has 0 heterocycles. The number of rotatable bonds is 6. The summed E-state index contributed by atoms with van der Waals surface area (Å²) >= 11 is 11.6. The standard InChI is InChI=1S/C12H12Cl2N2O5/c13-6-1-2-7(14)9(5-6)16-12(21)15-8(11(19)20)3-4-10(17)18/h1-2,5,8H,3-4H2,(H,17,18)(H,19,20)(H2,15,16,21)/t8-/m0/s1. The van der Waals surface area contributed by atoms with Crippen LogP contribution in [0.3, 0.4) is 0 Å². The Hall–Kier alpha value is -1.99. The number of carbonyl (C=O) groups excluding carboxylic acids is 1. The minimum Gasteiger partial charge on any atom is -0.481 e. The summed E-state index contributed by atoms with van der Waals surface area (Å²) in [6, 6.07) is 2.26. The molecule has 7 nitrogen and oxygen atoms in total. The van der Waals surface area contributed by atoms with Gasteiger partial charge in [-0.2, -0.15) is 0 Å². The summed E-state index contributed by atoms with van der Waals surface area (Å²) in [5.41, 5.74) is 0.212. The average molecular weight is 335 g/mol. The average Bonchev–Trinajstić information content (AvgIpc) is 2.38. The number of hydrogen-bond donors (Lipinski definition) is 4. The van der Waals surface area contributed by atoms with E-state index in [0.29, 0.717) is 5.02 Å². The topological polar surface area (TPSA) is 116 Å². The number of halogens is 2. The molecule has 1 aromatic carbocycles. The normalized spacial score (nSPS) is 11.5. The van der Waals surface area contributed by atoms with Gasteiger partial charge in [0.15, 0.2) is 0 Å². The second kappa shape index (κ2) is 7.70. The zero-order valence-electron chi connectivity index (χ0n) is 10.6. The lowest BCUT2D eigenvalue weighted by atomic mass is 10.1. The molecule has 0 aliphatic heterocycles. The summed E-state index contributed by atoms with van der Waals surface area (Å²) in [5, 5.41) is 22.5. The highest BCUT2D eigenvalue weighted by Crippen LogP contribution is 2.25. The zero-order chi connectivity index (χ0) is 16.0. The molecule has 9 heteroatoms. The molecule has 2 amide bonds. The van der Waals surface area contributed by atoms with Gasteiger partial charge in [0, 0.05) is 11.4 Å². The molecule has 0 aromatic heterocycles. The van der Waals surface area contributed by atoms with Gasteiger partial charge in [0.2, 0.25) is 0 Å². The summed E-state index contributed by atoms with van der Waals surface area (Å²) in [7, 11) is 0. The third kappa shape index (κ3) is 5.88. The van der Waals surface area contributed by atoms with Crippen LogP contribution in [0.15, 0.2) is 18.2 Å². The van der Waals surface area contributed by atoms with Crippen molar-refractivity contribution < 1.29 is 24.6 Å². The largest absolute Gasteiger partial charge is 0.481 e. The minimum absolute atomic E-state index is 0.212. The first-order valence-electron chi connectivity index (χ1n) is 5.76. The second-order valence-corrected chi connectivity index (χ2v) is 4.89. The summed E-state index contributed by atoms with van der Waals surface area (Å²) < 4.78 is 0. The van der Waals surface area contributed by atoms with Gasteiger partial charge in [0.1, 0.15) is 6.04 Å². The van der Waals surface area contributed by atoms with E-state index in [0.717, 1.165) is 0 Å². The minimum atomic E-state index is -1.33. The first-order valence-corrected chi connectivity index (χ1v) is 6.52. The van der Waals surface area contributed by atoms with Crippen molar-refractivity contribution in [3.8, 4) is 0 Å². The lowest BCUT2D eigenvalue weighted by Gasteiger charge is -2.15. The van der Waals surface area contributed by atoms with Gasteiger partial charge in [-0.15, -0.1) is 0 Å². The third-order valence-electron chi connectivity index (χ3n) is 2.43. The lowest BCUT2D eigenvalue weighted by Crippen LogP contribution is -2.43. The molecule has 1 rings (SSSR count). The number of hydrogen-bond acceptors (Lipinski definition) is 3. The fraction of sp³-hybridized carbons (Fsp3) is 0.250. The first-order chi connectivity index (χ1) is 9.79. The highest BCUT2D eigenvalue weighted by Gasteiger charge is 2.21. The number of aliphatic carboxylic acids is 2. The summed E-state index contributed by atoms with van der Waals surface area (Å²) in [6.07, 6.45) is -0.615. The van der Waals surface area contributed by atoms with Crippen LogP contribution in [0.25, 0.3) is 0 Å². The fourth-order valence-electron chi connectivity index (χ4n) is 1.44. The monoisotopic (exact) mass is 334 g/mol. The van der Waals surface area contributed by atoms with Crippen molar-refractivity contribution in [2.45, 2.75) is 18.9 Å². The van der Waals surface area contributed by atoms with Gasteiger partial charge in [-0.3, -0.25) is 4.79 Å². The molecular weight excluding hydrogens is 323 g/mol. The van der Waals surface area contributed by atoms with Crippen molar-refractivity contribution in [2.24, 2.45) is 0 Å². The van der Waals surface area contributed by atoms with Crippen LogP contribution in [0.1, 0.15) is 12.8 Å². The number of carbonyl (C=O) groups is 3. The molecule has 0 saturated heterocycles. The van der Waals surface area contributed by atoms with E-state index in [1.54, 1.807) is 0 Å². The molecule has 21 heavy (non-hydrogen) atoms. The smallest absolute Gasteiger partial charge is 0.326 e. The maximum atomic E-state index is 11.7. The van der Waals surface area contributed by atoms with Gasteiger partial charge < -0.3 is 20.8 Å². The highest BCUT2D eigenvalue weighted by atomic mass is 35.5. The van der Waals surface area contributed by atoms with E-state index in [9.17, 15) is 14.4 Å². The van der Waals surface area contributed by atoms with Crippen LogP contribution in [0, 0.1) is 0 Å². The molecule has 0 bridgehead atoms. The van der Waals surface area contributed by atoms with Gasteiger partial charge in [0.25, 0.3) is 0 Å². The van der Waals surface area contributed by atoms with E-state index >= 15 is 0 Å². The van der Waals surface area contributed by atoms with Crippen molar-refractivity contribution in [1.29, 1.82) is 0 Å². The summed E-state index contributed by atoms with van der Waals surface area (Å²) in [5.74, 6) is -2.48. The van der Waals surface area contributed by atoms with Gasteiger partial charge >= 0.3 is 18.0 Å². The van der Waals surface area contributed by atoms with Gasteiger partial charge in [-0.05, 0) is 24.6 Å². The molecular formula is C12H12Cl2N2O5. The van der Waals surface area contributed by atoms with Crippen molar-refractivity contribution >= 4 is 46.9 Å². The second-order valence-electron chi connectivity index (χ2n) is 4.05. The van der Waals surface area contributed by atoms with E-state index in [1.807, 2.05) is 0 Å². The van der Waals surface area contributed by atoms with Crippen LogP contribution >= 0.6 is 23.2 Å². The van der Waals surface area contributed by atoms with Crippen LogP contribution in [0.4, 0.5) is 10.5 Å². The van der Waals surface area contributed by atoms with E-state index in [-0.39, 0.29) is 23.6 Å². The summed E-state index contributed by atoms with van der Waals surface area (Å²) in [6.45, 7) is 0. The first kappa shape index (κ1) is 17.1. The van der Waals surface area contributed by atoms with Crippen LogP contribution in [0.2, 0.25) is 10.0 Å². The van der Waals surface area contributed by atoms with Crippen LogP contribution in [-0.4, -0.2) is 34.2 Å². The van der Waals surface area contributed by atoms with Crippen molar-refractivity contribution in [2.75, 3.05) is 5.32 Å². The number of urea groups is 1. The molecule has 0 aliphatic carbocycles. The maximum Gasteiger partial charge on any atom is 0.326 e. The van der Waals surface area contributed by atoms with E-state index in [4.69, 9.17) is 33.4 Å². The van der Waals surface area contributed by atoms with Crippen LogP contribution in [-0.2, 0) is 9.59 Å². The van der Waals surface area contributed by atoms with E-state index in [1.165, 1.54) is 18.2 Å². The molecule has 114 valence electrons. The Balaban J connectivity index is 2.67. The number of carboxylic acids is 2. The fourth-order valence-corrected chi connectivity index (χ4v) is 1.77. The Kier molecular flexibility index (Phi) is 6.26. The predicted molar refractivity (Wildman–Crippen MR) is 76.9 cm³/mol. The highest BCUT2D eigenvalue weighted by molar-refractivity contribution is 6.35. The van der Waals surface area contributed by atoms with Gasteiger partial charge in [0.05, 0.1) is 10.7 Å². The number of nitrogens with one attached hydrogen (secondary N) is 2.